The van der Waals surface area contributed by atoms with Crippen molar-refractivity contribution in [2.24, 2.45) is 5.41 Å². The molecule has 0 amide bonds. The molecule has 1 nitrogen and oxygen atoms in total. The highest BCUT2D eigenvalue weighted by molar-refractivity contribution is 5.29. The summed E-state index contributed by atoms with van der Waals surface area (Å²) in [5.41, 5.74) is -1.60. The number of rotatable bonds is 2. The zero-order valence-electron chi connectivity index (χ0n) is 11.3. The second-order valence-electron chi connectivity index (χ2n) is 5.85. The van der Waals surface area contributed by atoms with Crippen molar-refractivity contribution >= 4 is 0 Å². The van der Waals surface area contributed by atoms with Gasteiger partial charge in [0.15, 0.2) is 0 Å². The van der Waals surface area contributed by atoms with Crippen LogP contribution in [0.2, 0.25) is 0 Å². The molecule has 1 saturated carbocycles. The van der Waals surface area contributed by atoms with Gasteiger partial charge in [-0.25, -0.2) is 4.39 Å². The highest BCUT2D eigenvalue weighted by Gasteiger charge is 2.38. The molecule has 1 aromatic carbocycles. The van der Waals surface area contributed by atoms with Gasteiger partial charge < -0.3 is 5.11 Å². The number of alkyl halides is 3. The number of halogens is 4. The first kappa shape index (κ1) is 15.3. The Morgan fingerprint density at radius 2 is 1.75 bits per heavy atom. The van der Waals surface area contributed by atoms with Crippen molar-refractivity contribution < 1.29 is 22.7 Å². The third-order valence-corrected chi connectivity index (χ3v) is 4.27. The molecule has 112 valence electrons. The number of hydrogen-bond acceptors (Lipinski definition) is 1. The van der Waals surface area contributed by atoms with E-state index in [9.17, 15) is 22.7 Å². The molecule has 0 aliphatic heterocycles. The van der Waals surface area contributed by atoms with Gasteiger partial charge in [0.2, 0.25) is 0 Å². The first-order valence-electron chi connectivity index (χ1n) is 6.79. The van der Waals surface area contributed by atoms with Crippen molar-refractivity contribution in [2.45, 2.75) is 51.3 Å². The van der Waals surface area contributed by atoms with Crippen LogP contribution in [0.25, 0.3) is 0 Å². The molecule has 1 aliphatic rings. The van der Waals surface area contributed by atoms with Crippen LogP contribution in [-0.2, 0) is 6.18 Å². The lowest BCUT2D eigenvalue weighted by atomic mass is 9.70. The lowest BCUT2D eigenvalue weighted by Gasteiger charge is -2.38. The Bertz CT molecular complexity index is 475. The van der Waals surface area contributed by atoms with Gasteiger partial charge >= 0.3 is 6.18 Å². The van der Waals surface area contributed by atoms with Gasteiger partial charge in [-0.1, -0.05) is 32.3 Å². The Hall–Kier alpha value is -1.10. The predicted octanol–water partition coefficient (Wildman–Crippen LogP) is 4.85. The average molecular weight is 290 g/mol. The van der Waals surface area contributed by atoms with Crippen LogP contribution >= 0.6 is 0 Å². The maximum Gasteiger partial charge on any atom is 0.419 e. The smallest absolute Gasteiger partial charge is 0.388 e. The summed E-state index contributed by atoms with van der Waals surface area (Å²) in [5.74, 6) is -1.30. The van der Waals surface area contributed by atoms with Crippen LogP contribution in [0.1, 0.15) is 56.3 Å². The molecule has 0 saturated heterocycles. The fraction of sp³-hybridized carbons (Fsp3) is 0.600. The molecule has 20 heavy (non-hydrogen) atoms. The van der Waals surface area contributed by atoms with Crippen LogP contribution in [0.5, 0.6) is 0 Å². The topological polar surface area (TPSA) is 20.2 Å². The van der Waals surface area contributed by atoms with E-state index >= 15 is 0 Å². The van der Waals surface area contributed by atoms with Crippen molar-refractivity contribution in [3.63, 3.8) is 0 Å². The second kappa shape index (κ2) is 5.35. The van der Waals surface area contributed by atoms with E-state index in [4.69, 9.17) is 0 Å². The summed E-state index contributed by atoms with van der Waals surface area (Å²) < 4.78 is 51.4. The largest absolute Gasteiger partial charge is 0.419 e. The standard InChI is InChI=1S/C15H18F4O/c1-14(7-3-2-4-8-14)13(20)10-5-6-12(16)11(9-10)15(17,18)19/h5-6,9,13,20H,2-4,7-8H2,1H3. The van der Waals surface area contributed by atoms with Crippen molar-refractivity contribution in [3.8, 4) is 0 Å². The summed E-state index contributed by atoms with van der Waals surface area (Å²) in [4.78, 5) is 0. The minimum absolute atomic E-state index is 0.142. The Morgan fingerprint density at radius 3 is 2.30 bits per heavy atom. The molecule has 2 rings (SSSR count). The summed E-state index contributed by atoms with van der Waals surface area (Å²) >= 11 is 0. The maximum atomic E-state index is 13.3. The van der Waals surface area contributed by atoms with Gasteiger partial charge in [0.1, 0.15) is 5.82 Å². The Balaban J connectivity index is 2.33. The quantitative estimate of drug-likeness (QED) is 0.772. The van der Waals surface area contributed by atoms with Crippen LogP contribution in [-0.4, -0.2) is 5.11 Å². The highest BCUT2D eigenvalue weighted by atomic mass is 19.4. The zero-order chi connectivity index (χ0) is 15.0. The van der Waals surface area contributed by atoms with Crippen LogP contribution in [0.3, 0.4) is 0 Å². The third kappa shape index (κ3) is 2.97. The lowest BCUT2D eigenvalue weighted by molar-refractivity contribution is -0.140. The Kier molecular flexibility index (Phi) is 4.09. The summed E-state index contributed by atoms with van der Waals surface area (Å²) in [6.07, 6.45) is -1.20. The van der Waals surface area contributed by atoms with Crippen LogP contribution in [0, 0.1) is 11.2 Å². The van der Waals surface area contributed by atoms with Gasteiger partial charge in [-0.15, -0.1) is 0 Å². The van der Waals surface area contributed by atoms with Gasteiger partial charge in [-0.2, -0.15) is 13.2 Å². The van der Waals surface area contributed by atoms with E-state index in [-0.39, 0.29) is 5.56 Å². The van der Waals surface area contributed by atoms with Crippen LogP contribution in [0.4, 0.5) is 17.6 Å². The molecule has 1 unspecified atom stereocenters. The van der Waals surface area contributed by atoms with Crippen molar-refractivity contribution in [1.29, 1.82) is 0 Å². The molecule has 0 aromatic heterocycles. The van der Waals surface area contributed by atoms with Crippen LogP contribution in [0.15, 0.2) is 18.2 Å². The van der Waals surface area contributed by atoms with Crippen molar-refractivity contribution in [1.82, 2.24) is 0 Å². The van der Waals surface area contributed by atoms with E-state index in [0.29, 0.717) is 0 Å². The van der Waals surface area contributed by atoms with E-state index < -0.39 is 29.1 Å². The molecular formula is C15H18F4O. The maximum absolute atomic E-state index is 13.3. The number of hydrogen-bond donors (Lipinski definition) is 1. The molecule has 0 radical (unpaired) electrons. The fourth-order valence-electron chi connectivity index (χ4n) is 2.97. The monoisotopic (exact) mass is 290 g/mol. The third-order valence-electron chi connectivity index (χ3n) is 4.27. The van der Waals surface area contributed by atoms with Gasteiger partial charge in [-0.3, -0.25) is 0 Å². The molecule has 5 heteroatoms. The van der Waals surface area contributed by atoms with Gasteiger partial charge in [0.05, 0.1) is 11.7 Å². The minimum atomic E-state index is -4.74. The summed E-state index contributed by atoms with van der Waals surface area (Å²) in [5, 5.41) is 10.4. The first-order chi connectivity index (χ1) is 9.24. The molecule has 0 bridgehead atoms. The molecule has 0 spiro atoms. The Labute approximate surface area is 115 Å². The van der Waals surface area contributed by atoms with E-state index in [1.165, 1.54) is 6.07 Å². The summed E-state index contributed by atoms with van der Waals surface area (Å²) in [7, 11) is 0. The molecular weight excluding hydrogens is 272 g/mol. The van der Waals surface area contributed by atoms with E-state index in [0.717, 1.165) is 44.2 Å². The normalized spacial score (nSPS) is 20.7. The predicted molar refractivity (Wildman–Crippen MR) is 67.6 cm³/mol. The lowest BCUT2D eigenvalue weighted by Crippen LogP contribution is -2.28. The summed E-state index contributed by atoms with van der Waals surface area (Å²) in [6.45, 7) is 1.88. The Morgan fingerprint density at radius 1 is 1.15 bits per heavy atom. The summed E-state index contributed by atoms with van der Waals surface area (Å²) in [6, 6.07) is 2.77. The average Bonchev–Trinajstić information content (AvgIpc) is 2.38. The van der Waals surface area contributed by atoms with Gasteiger partial charge in [0, 0.05) is 0 Å². The molecule has 1 aliphatic carbocycles. The fourth-order valence-corrected chi connectivity index (χ4v) is 2.97. The van der Waals surface area contributed by atoms with Crippen molar-refractivity contribution in [2.75, 3.05) is 0 Å². The van der Waals surface area contributed by atoms with E-state index in [1.54, 1.807) is 0 Å². The van der Waals surface area contributed by atoms with E-state index in [1.807, 2.05) is 6.92 Å². The zero-order valence-corrected chi connectivity index (χ0v) is 11.3. The molecule has 1 fully saturated rings. The molecule has 1 aromatic rings. The number of aliphatic hydroxyl groups excluding tert-OH is 1. The van der Waals surface area contributed by atoms with Crippen molar-refractivity contribution in [3.05, 3.63) is 35.1 Å². The SMILES string of the molecule is CC1(C(O)c2ccc(F)c(C(F)(F)F)c2)CCCCC1. The molecule has 1 N–H and O–H groups in total. The minimum Gasteiger partial charge on any atom is -0.388 e. The molecule has 0 heterocycles. The molecule has 1 atom stereocenters. The highest BCUT2D eigenvalue weighted by Crippen LogP contribution is 2.46. The van der Waals surface area contributed by atoms with Gasteiger partial charge in [0.25, 0.3) is 0 Å². The van der Waals surface area contributed by atoms with Gasteiger partial charge in [-0.05, 0) is 36.0 Å². The second-order valence-corrected chi connectivity index (χ2v) is 5.85. The van der Waals surface area contributed by atoms with Crippen LogP contribution < -0.4 is 0 Å². The first-order valence-corrected chi connectivity index (χ1v) is 6.79. The number of aliphatic hydroxyl groups is 1. The van der Waals surface area contributed by atoms with E-state index in [2.05, 4.69) is 0 Å². The number of benzene rings is 1.